The number of nitrogens with one attached hydrogen (secondary N) is 1. The molecule has 25 heavy (non-hydrogen) atoms. The van der Waals surface area contributed by atoms with Gasteiger partial charge in [0, 0.05) is 24.0 Å². The lowest BCUT2D eigenvalue weighted by molar-refractivity contribution is -0.116. The summed E-state index contributed by atoms with van der Waals surface area (Å²) in [6.07, 6.45) is 1.92. The van der Waals surface area contributed by atoms with Gasteiger partial charge in [-0.2, -0.15) is 5.26 Å². The maximum Gasteiger partial charge on any atom is 0.357 e. The van der Waals surface area contributed by atoms with Crippen molar-refractivity contribution in [2.75, 3.05) is 18.2 Å². The van der Waals surface area contributed by atoms with E-state index in [9.17, 15) is 9.59 Å². The molecule has 1 heterocycles. The molecule has 1 aromatic carbocycles. The average Bonchev–Trinajstić information content (AvgIpc) is 2.90. The second kappa shape index (κ2) is 7.53. The predicted octanol–water partition coefficient (Wildman–Crippen LogP) is 2.70. The van der Waals surface area contributed by atoms with Gasteiger partial charge >= 0.3 is 5.97 Å². The highest BCUT2D eigenvalue weighted by Gasteiger charge is 2.21. The number of nitrogens with two attached hydrogens (primary N) is 1. The van der Waals surface area contributed by atoms with Crippen LogP contribution >= 0.6 is 0 Å². The van der Waals surface area contributed by atoms with E-state index >= 15 is 0 Å². The predicted molar refractivity (Wildman–Crippen MR) is 94.3 cm³/mol. The molecule has 0 saturated carbocycles. The SMILES string of the molecule is COC(=O)c1c(N)c(C#N)cn1-c1ccc(NC(=O)CC(C)C)cc1. The molecule has 0 aliphatic heterocycles. The molecule has 0 saturated heterocycles. The van der Waals surface area contributed by atoms with Crippen molar-refractivity contribution in [2.24, 2.45) is 5.92 Å². The zero-order valence-electron chi connectivity index (χ0n) is 14.4. The van der Waals surface area contributed by atoms with Crippen molar-refractivity contribution in [3.63, 3.8) is 0 Å². The van der Waals surface area contributed by atoms with Gasteiger partial charge in [0.1, 0.15) is 6.07 Å². The number of nitrogens with zero attached hydrogens (tertiary/aromatic N) is 2. The van der Waals surface area contributed by atoms with Gasteiger partial charge in [0.05, 0.1) is 18.4 Å². The Kier molecular flexibility index (Phi) is 5.45. The molecule has 7 nitrogen and oxygen atoms in total. The number of carbonyl (C=O) groups excluding carboxylic acids is 2. The van der Waals surface area contributed by atoms with Crippen LogP contribution in [-0.2, 0) is 9.53 Å². The summed E-state index contributed by atoms with van der Waals surface area (Å²) in [5.74, 6) is -0.419. The van der Waals surface area contributed by atoms with Crippen LogP contribution in [0.5, 0.6) is 0 Å². The van der Waals surface area contributed by atoms with Crippen LogP contribution in [0.2, 0.25) is 0 Å². The molecule has 0 spiro atoms. The Morgan fingerprint density at radius 2 is 1.96 bits per heavy atom. The van der Waals surface area contributed by atoms with Crippen molar-refractivity contribution < 1.29 is 14.3 Å². The monoisotopic (exact) mass is 340 g/mol. The molecule has 0 aliphatic carbocycles. The summed E-state index contributed by atoms with van der Waals surface area (Å²) in [6.45, 7) is 3.94. The van der Waals surface area contributed by atoms with Crippen LogP contribution in [0.4, 0.5) is 11.4 Å². The first-order valence-electron chi connectivity index (χ1n) is 7.76. The van der Waals surface area contributed by atoms with Gasteiger partial charge in [-0.3, -0.25) is 4.79 Å². The van der Waals surface area contributed by atoms with Crippen LogP contribution < -0.4 is 11.1 Å². The number of hydrogen-bond acceptors (Lipinski definition) is 5. The smallest absolute Gasteiger partial charge is 0.357 e. The second-order valence-electron chi connectivity index (χ2n) is 5.97. The minimum absolute atomic E-state index is 0.0602. The van der Waals surface area contributed by atoms with Gasteiger partial charge in [0.15, 0.2) is 5.69 Å². The Morgan fingerprint density at radius 3 is 2.48 bits per heavy atom. The highest BCUT2D eigenvalue weighted by Crippen LogP contribution is 2.25. The molecule has 0 fully saturated rings. The van der Waals surface area contributed by atoms with Crippen LogP contribution in [-0.4, -0.2) is 23.6 Å². The van der Waals surface area contributed by atoms with Crippen LogP contribution in [0.1, 0.15) is 36.3 Å². The molecule has 0 bridgehead atoms. The number of nitriles is 1. The van der Waals surface area contributed by atoms with E-state index in [1.165, 1.54) is 17.9 Å². The average molecular weight is 340 g/mol. The number of esters is 1. The highest BCUT2D eigenvalue weighted by atomic mass is 16.5. The van der Waals surface area contributed by atoms with Gasteiger partial charge in [0.25, 0.3) is 0 Å². The number of anilines is 2. The maximum absolute atomic E-state index is 12.0. The lowest BCUT2D eigenvalue weighted by Crippen LogP contribution is -2.14. The molecule has 1 aromatic heterocycles. The number of aromatic nitrogens is 1. The molecule has 0 atom stereocenters. The summed E-state index contributed by atoms with van der Waals surface area (Å²) in [5, 5.41) is 11.9. The van der Waals surface area contributed by atoms with Gasteiger partial charge in [0.2, 0.25) is 5.91 Å². The standard InChI is InChI=1S/C18H20N4O3/c1-11(2)8-15(23)21-13-4-6-14(7-5-13)22-10-12(9-19)16(20)17(22)18(24)25-3/h4-7,10-11H,8,20H2,1-3H3,(H,21,23). The van der Waals surface area contributed by atoms with E-state index in [2.05, 4.69) is 5.32 Å². The number of rotatable bonds is 5. The summed E-state index contributed by atoms with van der Waals surface area (Å²) >= 11 is 0. The van der Waals surface area contributed by atoms with Crippen molar-refractivity contribution in [1.82, 2.24) is 4.57 Å². The molecule has 1 amide bonds. The van der Waals surface area contributed by atoms with E-state index in [4.69, 9.17) is 15.7 Å². The second-order valence-corrected chi connectivity index (χ2v) is 5.97. The van der Waals surface area contributed by atoms with Crippen LogP contribution in [0.3, 0.4) is 0 Å². The van der Waals surface area contributed by atoms with Crippen molar-refractivity contribution in [3.8, 4) is 11.8 Å². The quantitative estimate of drug-likeness (QED) is 0.813. The van der Waals surface area contributed by atoms with Crippen molar-refractivity contribution in [3.05, 3.63) is 41.7 Å². The fourth-order valence-corrected chi connectivity index (χ4v) is 2.41. The number of hydrogen-bond donors (Lipinski definition) is 2. The Balaban J connectivity index is 2.33. The topological polar surface area (TPSA) is 110 Å². The fourth-order valence-electron chi connectivity index (χ4n) is 2.41. The van der Waals surface area contributed by atoms with E-state index in [0.717, 1.165) is 0 Å². The molecule has 130 valence electrons. The first-order valence-corrected chi connectivity index (χ1v) is 7.76. The molecule has 7 heteroatoms. The Bertz CT molecular complexity index is 829. The third-order valence-electron chi connectivity index (χ3n) is 3.57. The number of ether oxygens (including phenoxy) is 1. The summed E-state index contributed by atoms with van der Waals surface area (Å²) in [4.78, 5) is 23.8. The number of carbonyl (C=O) groups is 2. The molecule has 2 rings (SSSR count). The Hall–Kier alpha value is -3.27. The Morgan fingerprint density at radius 1 is 1.32 bits per heavy atom. The maximum atomic E-state index is 12.0. The van der Waals surface area contributed by atoms with Gasteiger partial charge < -0.3 is 20.4 Å². The summed E-state index contributed by atoms with van der Waals surface area (Å²) in [7, 11) is 1.25. The van der Waals surface area contributed by atoms with Gasteiger partial charge in [-0.05, 0) is 30.2 Å². The molecule has 0 unspecified atom stereocenters. The minimum Gasteiger partial charge on any atom is -0.464 e. The molecular formula is C18H20N4O3. The lowest BCUT2D eigenvalue weighted by Gasteiger charge is -2.10. The Labute approximate surface area is 146 Å². The van der Waals surface area contributed by atoms with Crippen LogP contribution in [0.25, 0.3) is 5.69 Å². The third kappa shape index (κ3) is 3.98. The molecular weight excluding hydrogens is 320 g/mol. The first kappa shape index (κ1) is 18.1. The minimum atomic E-state index is -0.631. The largest absolute Gasteiger partial charge is 0.464 e. The normalized spacial score (nSPS) is 10.4. The van der Waals surface area contributed by atoms with Crippen LogP contribution in [0, 0.1) is 17.2 Å². The number of amides is 1. The van der Waals surface area contributed by atoms with Crippen molar-refractivity contribution in [1.29, 1.82) is 5.26 Å². The van der Waals surface area contributed by atoms with E-state index in [1.807, 2.05) is 19.9 Å². The third-order valence-corrected chi connectivity index (χ3v) is 3.57. The zero-order valence-corrected chi connectivity index (χ0v) is 14.4. The zero-order chi connectivity index (χ0) is 18.6. The van der Waals surface area contributed by atoms with Gasteiger partial charge in [-0.25, -0.2) is 4.79 Å². The van der Waals surface area contributed by atoms with Gasteiger partial charge in [-0.15, -0.1) is 0 Å². The lowest BCUT2D eigenvalue weighted by atomic mass is 10.1. The summed E-state index contributed by atoms with van der Waals surface area (Å²) < 4.78 is 6.24. The highest BCUT2D eigenvalue weighted by molar-refractivity contribution is 5.96. The fraction of sp³-hybridized carbons (Fsp3) is 0.278. The van der Waals surface area contributed by atoms with Crippen molar-refractivity contribution in [2.45, 2.75) is 20.3 Å². The van der Waals surface area contributed by atoms with Crippen LogP contribution in [0.15, 0.2) is 30.5 Å². The number of benzene rings is 1. The van der Waals surface area contributed by atoms with Gasteiger partial charge in [-0.1, -0.05) is 13.8 Å². The molecule has 3 N–H and O–H groups in total. The summed E-state index contributed by atoms with van der Waals surface area (Å²) in [6, 6.07) is 8.83. The number of nitrogen functional groups attached to an aromatic ring is 1. The first-order chi connectivity index (χ1) is 11.9. The van der Waals surface area contributed by atoms with E-state index in [1.54, 1.807) is 24.3 Å². The number of methoxy groups -OCH3 is 1. The van der Waals surface area contributed by atoms with Crippen molar-refractivity contribution >= 4 is 23.3 Å². The molecule has 0 radical (unpaired) electrons. The summed E-state index contributed by atoms with van der Waals surface area (Å²) in [5.41, 5.74) is 7.49. The molecule has 0 aliphatic rings. The molecule has 2 aromatic rings. The van der Waals surface area contributed by atoms with E-state index < -0.39 is 5.97 Å². The van der Waals surface area contributed by atoms with E-state index in [-0.39, 0.29) is 28.8 Å². The van der Waals surface area contributed by atoms with E-state index in [0.29, 0.717) is 17.8 Å².